The van der Waals surface area contributed by atoms with Gasteiger partial charge in [0.05, 0.1) is 12.8 Å². The molecule has 1 heterocycles. The predicted molar refractivity (Wildman–Crippen MR) is 94.5 cm³/mol. The summed E-state index contributed by atoms with van der Waals surface area (Å²) in [5, 5.41) is 4.34. The number of fused-ring (bicyclic) bond motifs is 1. The van der Waals surface area contributed by atoms with E-state index in [4.69, 9.17) is 4.74 Å². The lowest BCUT2D eigenvalue weighted by Crippen LogP contribution is -2.28. The third kappa shape index (κ3) is 2.70. The molecule has 0 saturated carbocycles. The van der Waals surface area contributed by atoms with Crippen LogP contribution in [0.1, 0.15) is 10.6 Å². The number of para-hydroxylation sites is 1. The van der Waals surface area contributed by atoms with Gasteiger partial charge in [0.1, 0.15) is 17.5 Å². The van der Waals surface area contributed by atoms with E-state index < -0.39 is 0 Å². The van der Waals surface area contributed by atoms with Crippen molar-refractivity contribution >= 4 is 39.4 Å². The van der Waals surface area contributed by atoms with Crippen molar-refractivity contribution in [3.8, 4) is 5.75 Å². The van der Waals surface area contributed by atoms with Crippen molar-refractivity contribution in [2.24, 2.45) is 7.05 Å². The summed E-state index contributed by atoms with van der Waals surface area (Å²) in [6.07, 6.45) is 4.27. The Hall–Kier alpha value is -2.33. The van der Waals surface area contributed by atoms with Crippen LogP contribution in [-0.2, 0) is 7.05 Å². The maximum atomic E-state index is 5.40. The van der Waals surface area contributed by atoms with E-state index >= 15 is 0 Å². The van der Waals surface area contributed by atoms with Crippen LogP contribution in [0.15, 0.2) is 42.5 Å². The van der Waals surface area contributed by atoms with Gasteiger partial charge in [-0.1, -0.05) is 29.5 Å². The molecule has 112 valence electrons. The fourth-order valence-electron chi connectivity index (χ4n) is 2.45. The van der Waals surface area contributed by atoms with Crippen molar-refractivity contribution in [2.75, 3.05) is 19.5 Å². The zero-order valence-corrected chi connectivity index (χ0v) is 13.8. The second kappa shape index (κ2) is 6.20. The van der Waals surface area contributed by atoms with E-state index in [1.807, 2.05) is 19.2 Å². The lowest BCUT2D eigenvalue weighted by atomic mass is 10.1. The number of nitrogens with one attached hydrogen (secondary N) is 1. The first-order valence-electron chi connectivity index (χ1n) is 7.14. The van der Waals surface area contributed by atoms with Crippen molar-refractivity contribution < 1.29 is 9.30 Å². The standard InChI is InChI=1S/C18H18N2OS/c1-19-14-10-8-13(12-16(14)21-3)9-11-18-20(2)15-6-4-5-7-17(15)22-18/h4-12H,1-3H3/p+1. The van der Waals surface area contributed by atoms with Gasteiger partial charge >= 0.3 is 0 Å². The van der Waals surface area contributed by atoms with Crippen LogP contribution < -0.4 is 14.6 Å². The molecule has 0 saturated heterocycles. The number of thiazole rings is 1. The summed E-state index contributed by atoms with van der Waals surface area (Å²) in [5.74, 6) is 0.852. The van der Waals surface area contributed by atoms with Gasteiger partial charge in [-0.25, -0.2) is 0 Å². The number of anilines is 1. The van der Waals surface area contributed by atoms with Gasteiger partial charge in [-0.15, -0.1) is 0 Å². The number of benzene rings is 2. The molecule has 0 amide bonds. The highest BCUT2D eigenvalue weighted by atomic mass is 32.1. The van der Waals surface area contributed by atoms with Crippen LogP contribution in [0.2, 0.25) is 0 Å². The Morgan fingerprint density at radius 3 is 2.68 bits per heavy atom. The number of rotatable bonds is 4. The monoisotopic (exact) mass is 311 g/mol. The number of hydrogen-bond donors (Lipinski definition) is 1. The summed E-state index contributed by atoms with van der Waals surface area (Å²) >= 11 is 1.79. The molecular weight excluding hydrogens is 292 g/mol. The van der Waals surface area contributed by atoms with Gasteiger partial charge in [0.15, 0.2) is 0 Å². The highest BCUT2D eigenvalue weighted by Gasteiger charge is 2.13. The minimum atomic E-state index is 0.852. The Balaban J connectivity index is 1.94. The van der Waals surface area contributed by atoms with Crippen LogP contribution in [-0.4, -0.2) is 14.2 Å². The van der Waals surface area contributed by atoms with E-state index in [-0.39, 0.29) is 0 Å². The average molecular weight is 311 g/mol. The van der Waals surface area contributed by atoms with E-state index in [0.717, 1.165) is 17.0 Å². The lowest BCUT2D eigenvalue weighted by Gasteiger charge is -2.08. The van der Waals surface area contributed by atoms with E-state index in [9.17, 15) is 0 Å². The summed E-state index contributed by atoms with van der Waals surface area (Å²) in [5.41, 5.74) is 3.37. The third-order valence-corrected chi connectivity index (χ3v) is 4.87. The second-order valence-corrected chi connectivity index (χ2v) is 6.07. The van der Waals surface area contributed by atoms with Crippen molar-refractivity contribution in [1.29, 1.82) is 0 Å². The smallest absolute Gasteiger partial charge is 0.262 e. The molecule has 0 atom stereocenters. The first-order valence-corrected chi connectivity index (χ1v) is 7.96. The predicted octanol–water partition coefficient (Wildman–Crippen LogP) is 3.95. The van der Waals surface area contributed by atoms with Crippen LogP contribution in [0.3, 0.4) is 0 Å². The fraction of sp³-hybridized carbons (Fsp3) is 0.167. The van der Waals surface area contributed by atoms with Crippen molar-refractivity contribution in [3.63, 3.8) is 0 Å². The highest BCUT2D eigenvalue weighted by Crippen LogP contribution is 2.26. The Morgan fingerprint density at radius 1 is 1.14 bits per heavy atom. The van der Waals surface area contributed by atoms with E-state index in [1.54, 1.807) is 18.4 Å². The summed E-state index contributed by atoms with van der Waals surface area (Å²) in [6, 6.07) is 14.6. The molecule has 3 nitrogen and oxygen atoms in total. The Morgan fingerprint density at radius 2 is 1.95 bits per heavy atom. The summed E-state index contributed by atoms with van der Waals surface area (Å²) < 4.78 is 8.92. The maximum absolute atomic E-state index is 5.40. The molecule has 0 fully saturated rings. The number of hydrogen-bond acceptors (Lipinski definition) is 3. The number of nitrogens with zero attached hydrogens (tertiary/aromatic N) is 1. The molecule has 2 aromatic carbocycles. The molecule has 0 bridgehead atoms. The van der Waals surface area contributed by atoms with Gasteiger partial charge in [0.25, 0.3) is 5.01 Å². The largest absolute Gasteiger partial charge is 0.495 e. The Labute approximate surface area is 134 Å². The zero-order valence-electron chi connectivity index (χ0n) is 13.0. The van der Waals surface area contributed by atoms with Crippen LogP contribution in [0.25, 0.3) is 22.4 Å². The summed E-state index contributed by atoms with van der Waals surface area (Å²) in [7, 11) is 5.68. The third-order valence-electron chi connectivity index (χ3n) is 3.68. The zero-order chi connectivity index (χ0) is 15.5. The van der Waals surface area contributed by atoms with Crippen molar-refractivity contribution in [1.82, 2.24) is 0 Å². The molecule has 4 heteroatoms. The molecular formula is C18H19N2OS+. The molecule has 3 rings (SSSR count). The van der Waals surface area contributed by atoms with E-state index in [2.05, 4.69) is 59.4 Å². The maximum Gasteiger partial charge on any atom is 0.262 e. The van der Waals surface area contributed by atoms with Gasteiger partial charge in [0, 0.05) is 19.2 Å². The molecule has 0 radical (unpaired) electrons. The quantitative estimate of drug-likeness (QED) is 0.738. The summed E-state index contributed by atoms with van der Waals surface area (Å²) in [4.78, 5) is 0. The molecule has 1 aromatic heterocycles. The number of aromatic nitrogens is 1. The number of methoxy groups -OCH3 is 1. The fourth-order valence-corrected chi connectivity index (χ4v) is 3.50. The number of aryl methyl sites for hydroxylation is 1. The molecule has 22 heavy (non-hydrogen) atoms. The molecule has 0 aliphatic rings. The van der Waals surface area contributed by atoms with E-state index in [1.165, 1.54) is 15.2 Å². The van der Waals surface area contributed by atoms with Gasteiger partial charge in [-0.2, -0.15) is 4.57 Å². The minimum Gasteiger partial charge on any atom is -0.495 e. The van der Waals surface area contributed by atoms with Crippen molar-refractivity contribution in [3.05, 3.63) is 53.0 Å². The van der Waals surface area contributed by atoms with Crippen LogP contribution >= 0.6 is 11.3 Å². The lowest BCUT2D eigenvalue weighted by molar-refractivity contribution is -0.642. The Bertz CT molecular complexity index is 836. The molecule has 0 aliphatic carbocycles. The van der Waals surface area contributed by atoms with Crippen molar-refractivity contribution in [2.45, 2.75) is 0 Å². The highest BCUT2D eigenvalue weighted by molar-refractivity contribution is 7.18. The first-order chi connectivity index (χ1) is 10.7. The Kier molecular flexibility index (Phi) is 4.11. The van der Waals surface area contributed by atoms with Crippen LogP contribution in [0, 0.1) is 0 Å². The van der Waals surface area contributed by atoms with Crippen LogP contribution in [0.4, 0.5) is 5.69 Å². The SMILES string of the molecule is CNc1ccc(/C=C/c2sc3ccccc3[n+]2C)cc1OC. The van der Waals surface area contributed by atoms with Gasteiger partial charge in [-0.05, 0) is 29.8 Å². The minimum absolute atomic E-state index is 0.852. The number of ether oxygens (including phenoxy) is 1. The molecule has 1 N–H and O–H groups in total. The molecule has 0 unspecified atom stereocenters. The van der Waals surface area contributed by atoms with Gasteiger partial charge < -0.3 is 10.1 Å². The van der Waals surface area contributed by atoms with Gasteiger partial charge in [-0.3, -0.25) is 0 Å². The first kappa shape index (κ1) is 14.6. The molecule has 0 spiro atoms. The second-order valence-electron chi connectivity index (χ2n) is 5.01. The normalized spacial score (nSPS) is 11.2. The summed E-state index contributed by atoms with van der Waals surface area (Å²) in [6.45, 7) is 0. The van der Waals surface area contributed by atoms with Crippen LogP contribution in [0.5, 0.6) is 5.75 Å². The molecule has 0 aliphatic heterocycles. The van der Waals surface area contributed by atoms with E-state index in [0.29, 0.717) is 0 Å². The molecule has 3 aromatic rings. The topological polar surface area (TPSA) is 25.1 Å². The average Bonchev–Trinajstić information content (AvgIpc) is 2.89. The van der Waals surface area contributed by atoms with Gasteiger partial charge in [0.2, 0.25) is 5.52 Å².